The van der Waals surface area contributed by atoms with Crippen molar-refractivity contribution in [2.75, 3.05) is 17.2 Å². The van der Waals surface area contributed by atoms with Gasteiger partial charge in [0.25, 0.3) is 0 Å². The number of aliphatic imine (C=N–C) groups is 1. The summed E-state index contributed by atoms with van der Waals surface area (Å²) in [5.41, 5.74) is 3.16. The van der Waals surface area contributed by atoms with Gasteiger partial charge in [-0.15, -0.1) is 0 Å². The van der Waals surface area contributed by atoms with Crippen molar-refractivity contribution >= 4 is 41.5 Å². The molecule has 0 aliphatic carbocycles. The van der Waals surface area contributed by atoms with Crippen LogP contribution in [-0.2, 0) is 6.54 Å². The van der Waals surface area contributed by atoms with Gasteiger partial charge in [-0.25, -0.2) is 0 Å². The van der Waals surface area contributed by atoms with Crippen LogP contribution in [0.3, 0.4) is 0 Å². The maximum Gasteiger partial charge on any atom is 0.233 e. The average Bonchev–Trinajstić information content (AvgIpc) is 3.24. The van der Waals surface area contributed by atoms with Crippen molar-refractivity contribution in [2.24, 2.45) is 4.99 Å². The van der Waals surface area contributed by atoms with E-state index in [0.717, 1.165) is 16.7 Å². The molecule has 0 saturated heterocycles. The molecule has 160 valence electrons. The molecule has 0 bridgehead atoms. The van der Waals surface area contributed by atoms with Crippen LogP contribution in [-0.4, -0.2) is 32.3 Å². The van der Waals surface area contributed by atoms with Gasteiger partial charge in [0.1, 0.15) is 5.84 Å². The molecule has 32 heavy (non-hydrogen) atoms. The second kappa shape index (κ2) is 10.5. The Labute approximate surface area is 191 Å². The Morgan fingerprint density at radius 3 is 2.66 bits per heavy atom. The Morgan fingerprint density at radius 1 is 1.00 bits per heavy atom. The first-order valence-corrected chi connectivity index (χ1v) is 10.5. The summed E-state index contributed by atoms with van der Waals surface area (Å²) < 4.78 is 0. The van der Waals surface area contributed by atoms with Crippen molar-refractivity contribution < 1.29 is 0 Å². The predicted molar refractivity (Wildman–Crippen MR) is 131 cm³/mol. The van der Waals surface area contributed by atoms with Crippen LogP contribution < -0.4 is 10.6 Å². The van der Waals surface area contributed by atoms with E-state index in [9.17, 15) is 0 Å². The van der Waals surface area contributed by atoms with E-state index in [1.807, 2.05) is 73.7 Å². The fourth-order valence-corrected chi connectivity index (χ4v) is 3.21. The number of halogens is 1. The molecule has 7 nitrogen and oxygen atoms in total. The normalized spacial score (nSPS) is 13.4. The van der Waals surface area contributed by atoms with Gasteiger partial charge in [-0.3, -0.25) is 9.98 Å². The molecule has 0 radical (unpaired) electrons. The monoisotopic (exact) mass is 443 g/mol. The molecule has 0 fully saturated rings. The van der Waals surface area contributed by atoms with Gasteiger partial charge in [-0.2, -0.15) is 15.0 Å². The summed E-state index contributed by atoms with van der Waals surface area (Å²) in [6.45, 7) is 3.18. The molecule has 1 aromatic carbocycles. The van der Waals surface area contributed by atoms with Crippen LogP contribution in [0.2, 0.25) is 5.02 Å². The maximum atomic E-state index is 6.08. The van der Waals surface area contributed by atoms with Gasteiger partial charge >= 0.3 is 0 Å². The summed E-state index contributed by atoms with van der Waals surface area (Å²) >= 11 is 6.08. The average molecular weight is 444 g/mol. The summed E-state index contributed by atoms with van der Waals surface area (Å²) in [5, 5.41) is 7.11. The molecular formula is C24H22ClN7. The molecule has 0 amide bonds. The maximum absolute atomic E-state index is 6.08. The van der Waals surface area contributed by atoms with Gasteiger partial charge in [0.2, 0.25) is 11.9 Å². The van der Waals surface area contributed by atoms with Crippen molar-refractivity contribution in [1.82, 2.24) is 19.9 Å². The number of rotatable bonds is 7. The van der Waals surface area contributed by atoms with Crippen molar-refractivity contribution in [1.29, 1.82) is 0 Å². The van der Waals surface area contributed by atoms with Crippen molar-refractivity contribution in [3.8, 4) is 0 Å². The zero-order chi connectivity index (χ0) is 22.2. The molecule has 0 unspecified atom stereocenters. The zero-order valence-corrected chi connectivity index (χ0v) is 18.3. The molecule has 0 spiro atoms. The van der Waals surface area contributed by atoms with E-state index in [4.69, 9.17) is 11.6 Å². The Balaban J connectivity index is 1.57. The summed E-state index contributed by atoms with van der Waals surface area (Å²) in [6, 6.07) is 11.5. The third-order valence-corrected chi connectivity index (χ3v) is 4.74. The summed E-state index contributed by atoms with van der Waals surface area (Å²) in [6.07, 6.45) is 13.3. The van der Waals surface area contributed by atoms with Gasteiger partial charge in [0.05, 0.1) is 6.54 Å². The largest absolute Gasteiger partial charge is 0.350 e. The van der Waals surface area contributed by atoms with Crippen LogP contribution in [0, 0.1) is 0 Å². The lowest BCUT2D eigenvalue weighted by Gasteiger charge is -2.09. The van der Waals surface area contributed by atoms with E-state index < -0.39 is 0 Å². The quantitative estimate of drug-likeness (QED) is 0.532. The molecule has 1 aliphatic rings. The fraction of sp³-hybridized carbons (Fsp3) is 0.125. The van der Waals surface area contributed by atoms with Crippen LogP contribution in [0.5, 0.6) is 0 Å². The standard InChI is InChI=1S/C24H22ClN7/c1-2-4-19-14-22(27-16-19)31-24-30-21(8-7-17-5-3-6-20(25)13-17)29-23(32-24)28-15-18-9-11-26-12-10-18/h2-14H,15-16H2,1H3,(H2,27,28,29,30,31,32)/b4-2+,8-7+. The minimum Gasteiger partial charge on any atom is -0.350 e. The molecule has 3 aromatic rings. The number of nitrogens with zero attached hydrogens (tertiary/aromatic N) is 5. The third kappa shape index (κ3) is 6.09. The molecule has 8 heteroatoms. The molecule has 3 heterocycles. The first-order chi connectivity index (χ1) is 15.7. The van der Waals surface area contributed by atoms with E-state index in [0.29, 0.717) is 41.7 Å². The first-order valence-electron chi connectivity index (χ1n) is 10.2. The molecule has 2 aromatic heterocycles. The molecule has 1 aliphatic heterocycles. The summed E-state index contributed by atoms with van der Waals surface area (Å²) in [7, 11) is 0. The number of allylic oxidation sites excluding steroid dienone is 1. The Morgan fingerprint density at radius 2 is 1.84 bits per heavy atom. The van der Waals surface area contributed by atoms with Crippen molar-refractivity contribution in [2.45, 2.75) is 13.5 Å². The van der Waals surface area contributed by atoms with Crippen LogP contribution in [0.1, 0.15) is 23.9 Å². The Kier molecular flexibility index (Phi) is 6.99. The SMILES string of the molecule is C/C=C/C1=CC(Nc2nc(/C=C/c3cccc(Cl)c3)nc(NCc3ccncc3)n2)=NC1. The lowest BCUT2D eigenvalue weighted by Crippen LogP contribution is -2.14. The van der Waals surface area contributed by atoms with Gasteiger partial charge in [0, 0.05) is 24.0 Å². The van der Waals surface area contributed by atoms with Crippen LogP contribution in [0.4, 0.5) is 11.9 Å². The van der Waals surface area contributed by atoms with Gasteiger partial charge in [-0.05, 0) is 60.0 Å². The van der Waals surface area contributed by atoms with E-state index in [2.05, 4.69) is 35.6 Å². The summed E-state index contributed by atoms with van der Waals surface area (Å²) in [4.78, 5) is 22.1. The zero-order valence-electron chi connectivity index (χ0n) is 17.5. The Bertz CT molecular complexity index is 1200. The second-order valence-electron chi connectivity index (χ2n) is 6.98. The lowest BCUT2D eigenvalue weighted by atomic mass is 10.2. The molecule has 2 N–H and O–H groups in total. The number of aromatic nitrogens is 4. The predicted octanol–water partition coefficient (Wildman–Crippen LogP) is 5.03. The summed E-state index contributed by atoms with van der Waals surface area (Å²) in [5.74, 6) is 2.10. The number of hydrogen-bond donors (Lipinski definition) is 2. The number of pyridine rings is 1. The highest BCUT2D eigenvalue weighted by Gasteiger charge is 2.10. The van der Waals surface area contributed by atoms with Crippen LogP contribution in [0.25, 0.3) is 12.2 Å². The molecule has 0 saturated carbocycles. The van der Waals surface area contributed by atoms with E-state index in [1.165, 1.54) is 0 Å². The van der Waals surface area contributed by atoms with Crippen LogP contribution in [0.15, 0.2) is 77.6 Å². The molecule has 0 atom stereocenters. The van der Waals surface area contributed by atoms with Gasteiger partial charge in [-0.1, -0.05) is 42.0 Å². The number of nitrogens with one attached hydrogen (secondary N) is 2. The molecule has 4 rings (SSSR count). The third-order valence-electron chi connectivity index (χ3n) is 4.50. The fourth-order valence-electron chi connectivity index (χ4n) is 3.01. The van der Waals surface area contributed by atoms with E-state index in [1.54, 1.807) is 12.4 Å². The van der Waals surface area contributed by atoms with Crippen molar-refractivity contribution in [3.05, 3.63) is 94.6 Å². The second-order valence-corrected chi connectivity index (χ2v) is 7.42. The highest BCUT2D eigenvalue weighted by Crippen LogP contribution is 2.15. The van der Waals surface area contributed by atoms with Gasteiger partial charge < -0.3 is 10.6 Å². The molecular weight excluding hydrogens is 422 g/mol. The van der Waals surface area contributed by atoms with Gasteiger partial charge in [0.15, 0.2) is 5.82 Å². The highest BCUT2D eigenvalue weighted by atomic mass is 35.5. The highest BCUT2D eigenvalue weighted by molar-refractivity contribution is 6.30. The minimum absolute atomic E-state index is 0.416. The van der Waals surface area contributed by atoms with Crippen molar-refractivity contribution in [3.63, 3.8) is 0 Å². The number of anilines is 2. The van der Waals surface area contributed by atoms with Crippen LogP contribution >= 0.6 is 11.6 Å². The number of hydrogen-bond acceptors (Lipinski definition) is 7. The van der Waals surface area contributed by atoms with E-state index in [-0.39, 0.29) is 0 Å². The van der Waals surface area contributed by atoms with E-state index >= 15 is 0 Å². The minimum atomic E-state index is 0.416. The number of benzene rings is 1. The lowest BCUT2D eigenvalue weighted by molar-refractivity contribution is 0.994. The first kappa shape index (κ1) is 21.4. The topological polar surface area (TPSA) is 88.0 Å². The number of amidine groups is 1. The smallest absolute Gasteiger partial charge is 0.233 e. The Hall–Kier alpha value is -3.84.